The minimum Gasteiger partial charge on any atom is -0.365 e. The second-order valence-electron chi connectivity index (χ2n) is 4.94. The Labute approximate surface area is 112 Å². The lowest BCUT2D eigenvalue weighted by Gasteiger charge is -2.26. The van der Waals surface area contributed by atoms with Gasteiger partial charge in [0.05, 0.1) is 12.3 Å². The molecule has 19 heavy (non-hydrogen) atoms. The molecule has 1 atom stereocenters. The third-order valence-electron chi connectivity index (χ3n) is 3.81. The van der Waals surface area contributed by atoms with Crippen LogP contribution in [-0.4, -0.2) is 11.2 Å². The van der Waals surface area contributed by atoms with Crippen molar-refractivity contribution >= 4 is 10.9 Å². The molecule has 1 aliphatic heterocycles. The first kappa shape index (κ1) is 10.8. The zero-order valence-corrected chi connectivity index (χ0v) is 10.6. The number of rotatable bonds is 1. The van der Waals surface area contributed by atoms with E-state index in [1.165, 1.54) is 22.2 Å². The predicted molar refractivity (Wildman–Crippen MR) is 76.2 cm³/mol. The molecule has 1 aliphatic rings. The highest BCUT2D eigenvalue weighted by molar-refractivity contribution is 5.81. The minimum absolute atomic E-state index is 0.0577. The number of hydrogen-bond donors (Lipinski definition) is 0. The maximum atomic E-state index is 6.00. The number of para-hydroxylation sites is 1. The normalized spacial score (nSPS) is 18.4. The topological polar surface area (TPSA) is 14.2 Å². The molecule has 2 nitrogen and oxygen atoms in total. The number of ether oxygens (including phenoxy) is 1. The summed E-state index contributed by atoms with van der Waals surface area (Å²) in [5.74, 6) is 0. The fourth-order valence-corrected chi connectivity index (χ4v) is 2.94. The molecule has 4 rings (SSSR count). The molecule has 0 aliphatic carbocycles. The van der Waals surface area contributed by atoms with Gasteiger partial charge >= 0.3 is 0 Å². The number of nitrogens with zero attached hydrogens (tertiary/aromatic N) is 1. The van der Waals surface area contributed by atoms with E-state index >= 15 is 0 Å². The number of fused-ring (bicyclic) bond motifs is 3. The quantitative estimate of drug-likeness (QED) is 0.640. The number of hydrogen-bond acceptors (Lipinski definition) is 1. The first-order valence-electron chi connectivity index (χ1n) is 6.68. The molecule has 2 heterocycles. The van der Waals surface area contributed by atoms with E-state index in [0.717, 1.165) is 13.2 Å². The molecule has 0 radical (unpaired) electrons. The van der Waals surface area contributed by atoms with E-state index < -0.39 is 0 Å². The molecule has 2 aromatic carbocycles. The third kappa shape index (κ3) is 1.68. The summed E-state index contributed by atoms with van der Waals surface area (Å²) in [6, 6.07) is 21.3. The summed E-state index contributed by atoms with van der Waals surface area (Å²) in [6.45, 7) is 1.71. The van der Waals surface area contributed by atoms with E-state index in [0.29, 0.717) is 0 Å². The van der Waals surface area contributed by atoms with Crippen LogP contribution in [0.4, 0.5) is 0 Å². The van der Waals surface area contributed by atoms with E-state index in [-0.39, 0.29) is 6.10 Å². The van der Waals surface area contributed by atoms with Crippen LogP contribution < -0.4 is 0 Å². The Bertz CT molecular complexity index is 714. The largest absolute Gasteiger partial charge is 0.365 e. The van der Waals surface area contributed by atoms with Gasteiger partial charge in [-0.15, -0.1) is 0 Å². The van der Waals surface area contributed by atoms with Crippen LogP contribution >= 0.6 is 0 Å². The van der Waals surface area contributed by atoms with E-state index in [1.54, 1.807) is 0 Å². The molecule has 0 spiro atoms. The smallest absolute Gasteiger partial charge is 0.123 e. The van der Waals surface area contributed by atoms with Crippen molar-refractivity contribution in [1.82, 2.24) is 4.57 Å². The van der Waals surface area contributed by atoms with Crippen LogP contribution in [0.3, 0.4) is 0 Å². The summed E-state index contributed by atoms with van der Waals surface area (Å²) < 4.78 is 8.38. The first-order valence-corrected chi connectivity index (χ1v) is 6.68. The van der Waals surface area contributed by atoms with Gasteiger partial charge in [-0.2, -0.15) is 0 Å². The van der Waals surface area contributed by atoms with Crippen molar-refractivity contribution in [2.75, 3.05) is 6.61 Å². The maximum absolute atomic E-state index is 6.00. The van der Waals surface area contributed by atoms with Crippen molar-refractivity contribution in [3.05, 3.63) is 71.9 Å². The van der Waals surface area contributed by atoms with Crippen molar-refractivity contribution in [3.8, 4) is 0 Å². The molecule has 1 aromatic heterocycles. The van der Waals surface area contributed by atoms with Gasteiger partial charge in [-0.1, -0.05) is 48.5 Å². The highest BCUT2D eigenvalue weighted by atomic mass is 16.5. The molecule has 0 amide bonds. The standard InChI is InChI=1S/C17H15NO/c1-2-6-13(7-3-1)17-16-12-14-8-4-5-9-15(14)18(16)10-11-19-17/h1-9,12,17H,10-11H2. The van der Waals surface area contributed by atoms with Crippen LogP contribution in [0.1, 0.15) is 17.4 Å². The lowest BCUT2D eigenvalue weighted by atomic mass is 10.1. The monoisotopic (exact) mass is 249 g/mol. The summed E-state index contributed by atoms with van der Waals surface area (Å²) >= 11 is 0. The first-order chi connectivity index (χ1) is 9.43. The molecule has 1 unspecified atom stereocenters. The van der Waals surface area contributed by atoms with Crippen LogP contribution in [0.15, 0.2) is 60.7 Å². The number of benzene rings is 2. The van der Waals surface area contributed by atoms with Gasteiger partial charge in [0.25, 0.3) is 0 Å². The number of aromatic nitrogens is 1. The molecule has 0 N–H and O–H groups in total. The van der Waals surface area contributed by atoms with Gasteiger partial charge in [-0.25, -0.2) is 0 Å². The summed E-state index contributed by atoms with van der Waals surface area (Å²) in [7, 11) is 0. The van der Waals surface area contributed by atoms with Gasteiger partial charge in [0.1, 0.15) is 6.10 Å². The minimum atomic E-state index is 0.0577. The molecule has 2 heteroatoms. The Balaban J connectivity index is 1.91. The average Bonchev–Trinajstić information content (AvgIpc) is 2.87. The highest BCUT2D eigenvalue weighted by Gasteiger charge is 2.24. The summed E-state index contributed by atoms with van der Waals surface area (Å²) in [5.41, 5.74) is 3.80. The molecule has 3 aromatic rings. The maximum Gasteiger partial charge on any atom is 0.123 e. The van der Waals surface area contributed by atoms with Crippen LogP contribution in [0.2, 0.25) is 0 Å². The lowest BCUT2D eigenvalue weighted by Crippen LogP contribution is -2.21. The van der Waals surface area contributed by atoms with Crippen molar-refractivity contribution in [3.63, 3.8) is 0 Å². The summed E-state index contributed by atoms with van der Waals surface area (Å²) in [5, 5.41) is 1.30. The van der Waals surface area contributed by atoms with Crippen molar-refractivity contribution < 1.29 is 4.74 Å². The summed E-state index contributed by atoms with van der Waals surface area (Å²) in [4.78, 5) is 0. The van der Waals surface area contributed by atoms with E-state index in [1.807, 2.05) is 6.07 Å². The summed E-state index contributed by atoms with van der Waals surface area (Å²) in [6.07, 6.45) is 0.0577. The Kier molecular flexibility index (Phi) is 2.42. The zero-order chi connectivity index (χ0) is 12.7. The fourth-order valence-electron chi connectivity index (χ4n) is 2.94. The lowest BCUT2D eigenvalue weighted by molar-refractivity contribution is 0.0478. The van der Waals surface area contributed by atoms with Gasteiger partial charge in [0.15, 0.2) is 0 Å². The molecule has 0 saturated carbocycles. The van der Waals surface area contributed by atoms with Crippen molar-refractivity contribution in [2.24, 2.45) is 0 Å². The molecule has 94 valence electrons. The Morgan fingerprint density at radius 1 is 0.947 bits per heavy atom. The van der Waals surface area contributed by atoms with Gasteiger partial charge in [-0.05, 0) is 23.1 Å². The molecule has 0 bridgehead atoms. The SMILES string of the molecule is c1ccc(C2OCCn3c2cc2ccccc23)cc1. The highest BCUT2D eigenvalue weighted by Crippen LogP contribution is 2.33. The van der Waals surface area contributed by atoms with Crippen LogP contribution in [0, 0.1) is 0 Å². The predicted octanol–water partition coefficient (Wildman–Crippen LogP) is 3.76. The third-order valence-corrected chi connectivity index (χ3v) is 3.81. The van der Waals surface area contributed by atoms with Crippen LogP contribution in [0.5, 0.6) is 0 Å². The van der Waals surface area contributed by atoms with Crippen molar-refractivity contribution in [2.45, 2.75) is 12.6 Å². The van der Waals surface area contributed by atoms with Gasteiger partial charge in [-0.3, -0.25) is 0 Å². The van der Waals surface area contributed by atoms with Crippen molar-refractivity contribution in [1.29, 1.82) is 0 Å². The Morgan fingerprint density at radius 3 is 2.63 bits per heavy atom. The van der Waals surface area contributed by atoms with Crippen LogP contribution in [0.25, 0.3) is 10.9 Å². The van der Waals surface area contributed by atoms with E-state index in [9.17, 15) is 0 Å². The van der Waals surface area contributed by atoms with E-state index in [2.05, 4.69) is 59.2 Å². The Morgan fingerprint density at radius 2 is 1.74 bits per heavy atom. The molecule has 0 saturated heterocycles. The molecule has 0 fully saturated rings. The zero-order valence-electron chi connectivity index (χ0n) is 10.6. The second kappa shape index (κ2) is 4.25. The second-order valence-corrected chi connectivity index (χ2v) is 4.94. The van der Waals surface area contributed by atoms with Crippen LogP contribution in [-0.2, 0) is 11.3 Å². The Hall–Kier alpha value is -2.06. The van der Waals surface area contributed by atoms with Gasteiger partial charge in [0.2, 0.25) is 0 Å². The van der Waals surface area contributed by atoms with Gasteiger partial charge < -0.3 is 9.30 Å². The van der Waals surface area contributed by atoms with E-state index in [4.69, 9.17) is 4.74 Å². The van der Waals surface area contributed by atoms with Gasteiger partial charge in [0, 0.05) is 12.1 Å². The molecular weight excluding hydrogens is 234 g/mol. The molecular formula is C17H15NO. The fraction of sp³-hybridized carbons (Fsp3) is 0.176. The average molecular weight is 249 g/mol.